The Morgan fingerprint density at radius 3 is 2.94 bits per heavy atom. The Labute approximate surface area is 98.5 Å². The Morgan fingerprint density at radius 2 is 2.35 bits per heavy atom. The van der Waals surface area contributed by atoms with E-state index >= 15 is 0 Å². The van der Waals surface area contributed by atoms with E-state index in [1.807, 2.05) is 4.90 Å². The molecule has 0 amide bonds. The Morgan fingerprint density at radius 1 is 1.59 bits per heavy atom. The van der Waals surface area contributed by atoms with E-state index in [2.05, 4.69) is 16.0 Å². The molecule has 0 aliphatic heterocycles. The molecule has 0 spiro atoms. The maximum absolute atomic E-state index is 10.8. The smallest absolute Gasteiger partial charge is 0.356 e. The van der Waals surface area contributed by atoms with Crippen LogP contribution < -0.4 is 4.90 Å². The van der Waals surface area contributed by atoms with Crippen molar-refractivity contribution in [2.45, 2.75) is 25.3 Å². The van der Waals surface area contributed by atoms with E-state index in [-0.39, 0.29) is 5.69 Å². The van der Waals surface area contributed by atoms with E-state index in [1.54, 1.807) is 6.20 Å². The van der Waals surface area contributed by atoms with Crippen molar-refractivity contribution in [3.8, 4) is 6.07 Å². The summed E-state index contributed by atoms with van der Waals surface area (Å²) >= 11 is 0. The molecule has 6 nitrogen and oxygen atoms in total. The number of hydrogen-bond acceptors (Lipinski definition) is 5. The van der Waals surface area contributed by atoms with Crippen LogP contribution in [0.5, 0.6) is 0 Å². The minimum Gasteiger partial charge on any atom is -0.476 e. The van der Waals surface area contributed by atoms with Crippen LogP contribution in [0.25, 0.3) is 0 Å². The third-order valence-corrected chi connectivity index (χ3v) is 2.59. The summed E-state index contributed by atoms with van der Waals surface area (Å²) in [5, 5.41) is 17.4. The minimum absolute atomic E-state index is 0.0647. The molecule has 0 radical (unpaired) electrons. The average molecular weight is 232 g/mol. The second kappa shape index (κ2) is 4.78. The molecule has 1 aromatic heterocycles. The van der Waals surface area contributed by atoms with Gasteiger partial charge in [0, 0.05) is 12.6 Å². The summed E-state index contributed by atoms with van der Waals surface area (Å²) in [6.45, 7) is 0.568. The topological polar surface area (TPSA) is 90.1 Å². The normalized spacial score (nSPS) is 14.1. The zero-order valence-corrected chi connectivity index (χ0v) is 9.20. The number of nitrogens with zero attached hydrogens (tertiary/aromatic N) is 4. The van der Waals surface area contributed by atoms with Crippen LogP contribution in [-0.2, 0) is 0 Å². The Bertz CT molecular complexity index is 465. The molecule has 0 atom stereocenters. The molecule has 0 saturated heterocycles. The molecule has 1 saturated carbocycles. The highest BCUT2D eigenvalue weighted by molar-refractivity contribution is 5.85. The number of anilines is 1. The fraction of sp³-hybridized carbons (Fsp3) is 0.455. The molecule has 6 heteroatoms. The van der Waals surface area contributed by atoms with Crippen LogP contribution >= 0.6 is 0 Å². The SMILES string of the molecule is N#CCCN(c1cncc(C(=O)O)n1)C1CC1. The van der Waals surface area contributed by atoms with E-state index in [4.69, 9.17) is 10.4 Å². The fourth-order valence-corrected chi connectivity index (χ4v) is 1.64. The van der Waals surface area contributed by atoms with Crippen LogP contribution in [0.1, 0.15) is 29.8 Å². The summed E-state index contributed by atoms with van der Waals surface area (Å²) in [7, 11) is 0. The van der Waals surface area contributed by atoms with Crippen molar-refractivity contribution in [2.75, 3.05) is 11.4 Å². The van der Waals surface area contributed by atoms with Gasteiger partial charge < -0.3 is 10.0 Å². The molecule has 1 aliphatic carbocycles. The zero-order valence-electron chi connectivity index (χ0n) is 9.20. The summed E-state index contributed by atoms with van der Waals surface area (Å²) in [4.78, 5) is 20.7. The first-order valence-corrected chi connectivity index (χ1v) is 5.41. The Kier molecular flexibility index (Phi) is 3.19. The first-order chi connectivity index (χ1) is 8.22. The van der Waals surface area contributed by atoms with Gasteiger partial charge in [-0.2, -0.15) is 5.26 Å². The van der Waals surface area contributed by atoms with E-state index in [1.165, 1.54) is 6.20 Å². The molecule has 1 fully saturated rings. The first kappa shape index (κ1) is 11.3. The predicted molar refractivity (Wildman–Crippen MR) is 59.6 cm³/mol. The van der Waals surface area contributed by atoms with Crippen molar-refractivity contribution in [3.05, 3.63) is 18.1 Å². The van der Waals surface area contributed by atoms with Crippen molar-refractivity contribution in [3.63, 3.8) is 0 Å². The summed E-state index contributed by atoms with van der Waals surface area (Å²) in [5.74, 6) is -0.543. The van der Waals surface area contributed by atoms with Gasteiger partial charge in [-0.15, -0.1) is 0 Å². The third-order valence-electron chi connectivity index (χ3n) is 2.59. The highest BCUT2D eigenvalue weighted by atomic mass is 16.4. The van der Waals surface area contributed by atoms with Gasteiger partial charge in [-0.25, -0.2) is 9.78 Å². The number of nitriles is 1. The maximum atomic E-state index is 10.8. The number of rotatable bonds is 5. The lowest BCUT2D eigenvalue weighted by atomic mass is 10.3. The molecular formula is C11H12N4O2. The van der Waals surface area contributed by atoms with Crippen LogP contribution in [0.3, 0.4) is 0 Å². The van der Waals surface area contributed by atoms with Crippen LogP contribution in [0.4, 0.5) is 5.82 Å². The highest BCUT2D eigenvalue weighted by Gasteiger charge is 2.30. The lowest BCUT2D eigenvalue weighted by Crippen LogP contribution is -2.28. The second-order valence-corrected chi connectivity index (χ2v) is 3.90. The van der Waals surface area contributed by atoms with Gasteiger partial charge in [0.1, 0.15) is 5.82 Å². The van der Waals surface area contributed by atoms with E-state index in [0.717, 1.165) is 12.8 Å². The molecule has 1 aliphatic rings. The number of aromatic carboxylic acids is 1. The minimum atomic E-state index is -1.09. The molecular weight excluding hydrogens is 220 g/mol. The molecule has 0 aromatic carbocycles. The molecule has 2 rings (SSSR count). The van der Waals surface area contributed by atoms with Crippen LogP contribution in [0, 0.1) is 11.3 Å². The summed E-state index contributed by atoms with van der Waals surface area (Å²) in [5.41, 5.74) is -0.0647. The monoisotopic (exact) mass is 232 g/mol. The van der Waals surface area contributed by atoms with Crippen molar-refractivity contribution in [2.24, 2.45) is 0 Å². The Hall–Kier alpha value is -2.16. The molecule has 0 bridgehead atoms. The molecule has 1 heterocycles. The van der Waals surface area contributed by atoms with Gasteiger partial charge in [0.2, 0.25) is 0 Å². The zero-order chi connectivity index (χ0) is 12.3. The van der Waals surface area contributed by atoms with Crippen molar-refractivity contribution >= 4 is 11.8 Å². The van der Waals surface area contributed by atoms with Gasteiger partial charge in [0.25, 0.3) is 0 Å². The van der Waals surface area contributed by atoms with Crippen molar-refractivity contribution in [1.29, 1.82) is 5.26 Å². The predicted octanol–water partition coefficient (Wildman–Crippen LogP) is 1.06. The van der Waals surface area contributed by atoms with Gasteiger partial charge in [0.05, 0.1) is 24.9 Å². The Balaban J connectivity index is 2.20. The van der Waals surface area contributed by atoms with Crippen LogP contribution in [0.2, 0.25) is 0 Å². The van der Waals surface area contributed by atoms with E-state index in [0.29, 0.717) is 24.8 Å². The van der Waals surface area contributed by atoms with E-state index < -0.39 is 5.97 Å². The van der Waals surface area contributed by atoms with Gasteiger partial charge in [0.15, 0.2) is 5.69 Å². The third kappa shape index (κ3) is 2.69. The molecule has 1 N–H and O–H groups in total. The lowest BCUT2D eigenvalue weighted by molar-refractivity contribution is 0.0690. The number of aromatic nitrogens is 2. The number of carboxylic acids is 1. The van der Waals surface area contributed by atoms with Crippen LogP contribution in [-0.4, -0.2) is 33.6 Å². The molecule has 88 valence electrons. The quantitative estimate of drug-likeness (QED) is 0.816. The van der Waals surface area contributed by atoms with Gasteiger partial charge in [-0.1, -0.05) is 0 Å². The molecule has 17 heavy (non-hydrogen) atoms. The van der Waals surface area contributed by atoms with E-state index in [9.17, 15) is 4.79 Å². The number of carboxylic acid groups (broad SMARTS) is 1. The first-order valence-electron chi connectivity index (χ1n) is 5.41. The highest BCUT2D eigenvalue weighted by Crippen LogP contribution is 2.30. The standard InChI is InChI=1S/C11H12N4O2/c12-4-1-5-15(8-2-3-8)10-7-13-6-9(14-10)11(16)17/h6-8H,1-3,5H2,(H,16,17). The van der Waals surface area contributed by atoms with Crippen LogP contribution in [0.15, 0.2) is 12.4 Å². The largest absolute Gasteiger partial charge is 0.476 e. The fourth-order valence-electron chi connectivity index (χ4n) is 1.64. The average Bonchev–Trinajstić information content (AvgIpc) is 3.14. The van der Waals surface area contributed by atoms with Crippen molar-refractivity contribution in [1.82, 2.24) is 9.97 Å². The van der Waals surface area contributed by atoms with Gasteiger partial charge in [-0.05, 0) is 12.8 Å². The van der Waals surface area contributed by atoms with Gasteiger partial charge in [-0.3, -0.25) is 4.98 Å². The maximum Gasteiger partial charge on any atom is 0.356 e. The number of hydrogen-bond donors (Lipinski definition) is 1. The lowest BCUT2D eigenvalue weighted by Gasteiger charge is -2.21. The second-order valence-electron chi connectivity index (χ2n) is 3.90. The van der Waals surface area contributed by atoms with Gasteiger partial charge >= 0.3 is 5.97 Å². The molecule has 0 unspecified atom stereocenters. The van der Waals surface area contributed by atoms with Crippen molar-refractivity contribution < 1.29 is 9.90 Å². The number of carbonyl (C=O) groups is 1. The summed E-state index contributed by atoms with van der Waals surface area (Å²) in [6, 6.07) is 2.46. The molecule has 1 aromatic rings. The summed E-state index contributed by atoms with van der Waals surface area (Å²) in [6.07, 6.45) is 5.29. The summed E-state index contributed by atoms with van der Waals surface area (Å²) < 4.78 is 0.